The molecule has 1 saturated heterocycles. The molecule has 0 radical (unpaired) electrons. The van der Waals surface area contributed by atoms with Crippen molar-refractivity contribution in [1.82, 2.24) is 14.6 Å². The first kappa shape index (κ1) is 27.8. The zero-order chi connectivity index (χ0) is 26.7. The number of para-hydroxylation sites is 1. The highest BCUT2D eigenvalue weighted by Gasteiger charge is 2.55. The number of rotatable bonds is 10. The minimum absolute atomic E-state index is 0.152. The molecule has 1 aliphatic heterocycles. The van der Waals surface area contributed by atoms with Crippen LogP contribution in [0.1, 0.15) is 33.9 Å². The van der Waals surface area contributed by atoms with Gasteiger partial charge in [0.25, 0.3) is 5.56 Å². The Hall–Kier alpha value is -2.83. The Balaban J connectivity index is 1.80. The molecular weight excluding hydrogens is 500 g/mol. The minimum atomic E-state index is -4.30. The fourth-order valence-corrected chi connectivity index (χ4v) is 4.97. The third kappa shape index (κ3) is 6.48. The zero-order valence-electron chi connectivity index (χ0n) is 20.1. The fourth-order valence-electron chi connectivity index (χ4n) is 3.47. The Labute approximate surface area is 205 Å². The van der Waals surface area contributed by atoms with E-state index in [1.54, 1.807) is 32.0 Å². The van der Waals surface area contributed by atoms with E-state index in [1.165, 1.54) is 19.1 Å². The molecule has 1 fully saturated rings. The predicted molar refractivity (Wildman–Crippen MR) is 125 cm³/mol. The van der Waals surface area contributed by atoms with Gasteiger partial charge in [-0.2, -0.15) is 5.09 Å². The van der Waals surface area contributed by atoms with Gasteiger partial charge in [-0.3, -0.25) is 23.7 Å². The second kappa shape index (κ2) is 11.1. The smallest absolute Gasteiger partial charge is 0.459 e. The van der Waals surface area contributed by atoms with Crippen molar-refractivity contribution in [3.8, 4) is 5.75 Å². The van der Waals surface area contributed by atoms with Crippen molar-refractivity contribution in [2.45, 2.75) is 63.9 Å². The number of hydrogen-bond acceptors (Lipinski definition) is 9. The average Bonchev–Trinajstić information content (AvgIpc) is 3.01. The molecule has 2 aromatic rings. The van der Waals surface area contributed by atoms with E-state index in [2.05, 4.69) is 5.09 Å². The number of benzene rings is 1. The van der Waals surface area contributed by atoms with Crippen LogP contribution < -0.4 is 20.9 Å². The second-order valence-electron chi connectivity index (χ2n) is 8.67. The lowest BCUT2D eigenvalue weighted by atomic mass is 9.98. The Morgan fingerprint density at radius 3 is 2.56 bits per heavy atom. The maximum absolute atomic E-state index is 15.4. The second-order valence-corrected chi connectivity index (χ2v) is 10.4. The summed E-state index contributed by atoms with van der Waals surface area (Å²) in [6.07, 6.45) is -4.21. The molecular formula is C22H29FN3O9P. The van der Waals surface area contributed by atoms with E-state index in [0.717, 1.165) is 23.8 Å². The molecule has 12 nitrogen and oxygen atoms in total. The van der Waals surface area contributed by atoms with Gasteiger partial charge >= 0.3 is 19.4 Å². The summed E-state index contributed by atoms with van der Waals surface area (Å²) < 4.78 is 51.4. The van der Waals surface area contributed by atoms with Crippen LogP contribution in [0.3, 0.4) is 0 Å². The van der Waals surface area contributed by atoms with Gasteiger partial charge in [0.05, 0.1) is 12.7 Å². The number of hydrogen-bond donors (Lipinski definition) is 3. The summed E-state index contributed by atoms with van der Waals surface area (Å²) in [6.45, 7) is 5.07. The van der Waals surface area contributed by atoms with E-state index in [1.807, 2.05) is 4.98 Å². The summed E-state index contributed by atoms with van der Waals surface area (Å²) in [4.78, 5) is 37.7. The van der Waals surface area contributed by atoms with Crippen LogP contribution >= 0.6 is 7.75 Å². The molecule has 1 aliphatic rings. The summed E-state index contributed by atoms with van der Waals surface area (Å²) in [5.41, 5.74) is -4.12. The number of aliphatic hydroxyl groups is 1. The van der Waals surface area contributed by atoms with Gasteiger partial charge in [-0.05, 0) is 39.8 Å². The maximum Gasteiger partial charge on any atom is 0.459 e. The number of carbonyl (C=O) groups is 1. The van der Waals surface area contributed by atoms with Gasteiger partial charge < -0.3 is 19.1 Å². The Morgan fingerprint density at radius 2 is 1.94 bits per heavy atom. The maximum atomic E-state index is 15.4. The van der Waals surface area contributed by atoms with Crippen molar-refractivity contribution >= 4 is 13.7 Å². The lowest BCUT2D eigenvalue weighted by Gasteiger charge is -2.25. The molecule has 6 atom stereocenters. The largest absolute Gasteiger partial charge is 0.462 e. The van der Waals surface area contributed by atoms with Gasteiger partial charge in [-0.1, -0.05) is 18.2 Å². The number of aromatic amines is 1. The van der Waals surface area contributed by atoms with E-state index >= 15 is 4.39 Å². The quantitative estimate of drug-likeness (QED) is 0.305. The number of nitrogens with zero attached hydrogens (tertiary/aromatic N) is 1. The summed E-state index contributed by atoms with van der Waals surface area (Å²) in [6, 6.07) is 7.86. The van der Waals surface area contributed by atoms with Crippen molar-refractivity contribution in [2.75, 3.05) is 6.61 Å². The van der Waals surface area contributed by atoms with Crippen molar-refractivity contribution in [2.24, 2.45) is 0 Å². The highest BCUT2D eigenvalue weighted by molar-refractivity contribution is 7.52. The molecule has 3 N–H and O–H groups in total. The summed E-state index contributed by atoms with van der Waals surface area (Å²) in [5.74, 6) is -0.560. The summed E-state index contributed by atoms with van der Waals surface area (Å²) in [5, 5.41) is 13.0. The van der Waals surface area contributed by atoms with E-state index in [4.69, 9.17) is 18.5 Å². The third-order valence-electron chi connectivity index (χ3n) is 5.26. The van der Waals surface area contributed by atoms with Crippen molar-refractivity contribution in [3.63, 3.8) is 0 Å². The number of aromatic nitrogens is 2. The van der Waals surface area contributed by atoms with Gasteiger partial charge in [0.2, 0.25) is 0 Å². The summed E-state index contributed by atoms with van der Waals surface area (Å²) in [7, 11) is -4.30. The van der Waals surface area contributed by atoms with Crippen LogP contribution in [0.2, 0.25) is 0 Å². The first-order valence-corrected chi connectivity index (χ1v) is 12.7. The number of carbonyl (C=O) groups excluding carboxylic acids is 1. The Bertz CT molecular complexity index is 1220. The summed E-state index contributed by atoms with van der Waals surface area (Å²) >= 11 is 0. The van der Waals surface area contributed by atoms with Gasteiger partial charge in [0, 0.05) is 12.3 Å². The lowest BCUT2D eigenvalue weighted by Crippen LogP contribution is -2.43. The van der Waals surface area contributed by atoms with Crippen LogP contribution in [-0.4, -0.2) is 57.3 Å². The van der Waals surface area contributed by atoms with Crippen LogP contribution in [0.25, 0.3) is 0 Å². The van der Waals surface area contributed by atoms with Crippen molar-refractivity contribution in [3.05, 3.63) is 63.4 Å². The van der Waals surface area contributed by atoms with Crippen molar-refractivity contribution < 1.29 is 37.4 Å². The average molecular weight is 529 g/mol. The number of halogens is 1. The molecule has 0 bridgehead atoms. The molecule has 1 unspecified atom stereocenters. The monoisotopic (exact) mass is 529 g/mol. The highest BCUT2D eigenvalue weighted by atomic mass is 31.2. The fraction of sp³-hybridized carbons (Fsp3) is 0.500. The van der Waals surface area contributed by atoms with E-state index in [-0.39, 0.29) is 5.75 Å². The lowest BCUT2D eigenvalue weighted by molar-refractivity contribution is -0.149. The van der Waals surface area contributed by atoms with E-state index in [0.29, 0.717) is 0 Å². The van der Waals surface area contributed by atoms with Gasteiger partial charge in [-0.15, -0.1) is 0 Å². The van der Waals surface area contributed by atoms with Crippen LogP contribution in [0, 0.1) is 0 Å². The van der Waals surface area contributed by atoms with E-state index in [9.17, 15) is 24.1 Å². The van der Waals surface area contributed by atoms with Gasteiger partial charge in [0.1, 0.15) is 24.0 Å². The first-order chi connectivity index (χ1) is 16.8. The van der Waals surface area contributed by atoms with Crippen LogP contribution in [0.5, 0.6) is 5.75 Å². The number of aliphatic hydroxyl groups excluding tert-OH is 1. The number of ether oxygens (including phenoxy) is 2. The van der Waals surface area contributed by atoms with Crippen LogP contribution in [-0.2, 0) is 23.4 Å². The van der Waals surface area contributed by atoms with Gasteiger partial charge in [-0.25, -0.2) is 13.8 Å². The molecule has 1 aromatic heterocycles. The van der Waals surface area contributed by atoms with Crippen LogP contribution in [0.15, 0.2) is 52.2 Å². The molecule has 3 rings (SSSR count). The molecule has 14 heteroatoms. The molecule has 2 heterocycles. The minimum Gasteiger partial charge on any atom is -0.462 e. The molecule has 198 valence electrons. The number of H-pyrrole nitrogens is 1. The van der Waals surface area contributed by atoms with Gasteiger partial charge in [0.15, 0.2) is 11.9 Å². The number of nitrogens with one attached hydrogen (secondary N) is 2. The third-order valence-corrected chi connectivity index (χ3v) is 6.90. The Morgan fingerprint density at radius 1 is 1.28 bits per heavy atom. The molecule has 0 amide bonds. The predicted octanol–water partition coefficient (Wildman–Crippen LogP) is 1.66. The van der Waals surface area contributed by atoms with Crippen LogP contribution in [0.4, 0.5) is 4.39 Å². The first-order valence-electron chi connectivity index (χ1n) is 11.1. The topological polar surface area (TPSA) is 158 Å². The number of esters is 1. The molecule has 0 aliphatic carbocycles. The SMILES string of the molecule is CC(C)OC(=O)[C@H](C)NP(=O)(OC[C@H]1O[C@H](n2ccc(=O)[nH]c2=O)[C@](C)(F)[C@@H]1O)Oc1ccccc1. The molecule has 1 aromatic carbocycles. The standard InChI is InChI=1S/C22H29FN3O9P/c1-13(2)33-19(29)14(3)25-36(31,35-15-8-6-5-7-9-15)32-12-16-18(28)22(4,23)20(34-16)26-11-10-17(27)24-21(26)30/h5-11,13-14,16,18,20,28H,12H2,1-4H3,(H,25,31)(H,24,27,30)/t14-,16+,18+,20-,22+,36?/m0/s1. The van der Waals surface area contributed by atoms with Crippen molar-refractivity contribution in [1.29, 1.82) is 0 Å². The zero-order valence-corrected chi connectivity index (χ0v) is 21.0. The molecule has 0 spiro atoms. The highest BCUT2D eigenvalue weighted by Crippen LogP contribution is 2.47. The Kier molecular flexibility index (Phi) is 8.52. The molecule has 36 heavy (non-hydrogen) atoms. The molecule has 0 saturated carbocycles. The normalized spacial score (nSPS) is 26.4. The van der Waals surface area contributed by atoms with E-state index < -0.39 is 67.8 Å². The number of alkyl halides is 1.